The third-order valence-corrected chi connectivity index (χ3v) is 15.9. The molecule has 15 aromatic rings. The van der Waals surface area contributed by atoms with Gasteiger partial charge in [-0.2, -0.15) is 0 Å². The average molecular weight is 1020 g/mol. The largest absolute Gasteiger partial charge is 0.310 e. The molecule has 0 bridgehead atoms. The topological polar surface area (TPSA) is 16.3 Å². The first-order valence-corrected chi connectivity index (χ1v) is 27.4. The van der Waals surface area contributed by atoms with Crippen LogP contribution in [0.1, 0.15) is 0 Å². The highest BCUT2D eigenvalue weighted by molar-refractivity contribution is 6.13. The molecule has 0 fully saturated rings. The number of benzene rings is 13. The van der Waals surface area contributed by atoms with Crippen molar-refractivity contribution >= 4 is 88.5 Å². The van der Waals surface area contributed by atoms with Crippen LogP contribution in [0.3, 0.4) is 0 Å². The standard InChI is InChI=1S/C76H52N4/c1-5-19-53(20-6-1)55-33-39-60(40-34-55)77(63-45-48-75-70(51-63)68-29-15-17-31-72(68)79(75)58-23-9-3-10-24-58)61-43-37-57(38-44-61)65-47-50-74(67-28-14-13-27-66(65)67)78(62-41-35-56(36-42-62)54-21-7-2-8-22-54)64-46-49-76-71(52-64)69-30-16-18-32-73(69)80(76)59-25-11-4-12-26-59/h1-52H. The Balaban J connectivity index is 0.855. The zero-order valence-corrected chi connectivity index (χ0v) is 43.8. The quantitative estimate of drug-likeness (QED) is 0.128. The molecule has 2 heterocycles. The van der Waals surface area contributed by atoms with Gasteiger partial charge in [0.1, 0.15) is 0 Å². The maximum atomic E-state index is 2.44. The smallest absolute Gasteiger partial charge is 0.0542 e. The fourth-order valence-corrected chi connectivity index (χ4v) is 12.2. The molecule has 0 atom stereocenters. The van der Waals surface area contributed by atoms with Crippen molar-refractivity contribution in [1.82, 2.24) is 9.13 Å². The summed E-state index contributed by atoms with van der Waals surface area (Å²) in [6.07, 6.45) is 0. The maximum absolute atomic E-state index is 2.44. The summed E-state index contributed by atoms with van der Waals surface area (Å²) in [6, 6.07) is 115. The van der Waals surface area contributed by atoms with Gasteiger partial charge in [0, 0.05) is 66.7 Å². The lowest BCUT2D eigenvalue weighted by molar-refractivity contribution is 1.18. The summed E-state index contributed by atoms with van der Waals surface area (Å²) in [5.74, 6) is 0. The Kier molecular flexibility index (Phi) is 11.5. The Hall–Kier alpha value is -10.7. The molecule has 0 aliphatic heterocycles. The molecule has 0 spiro atoms. The van der Waals surface area contributed by atoms with Crippen LogP contribution in [0.2, 0.25) is 0 Å². The van der Waals surface area contributed by atoms with E-state index in [-0.39, 0.29) is 0 Å². The van der Waals surface area contributed by atoms with Crippen LogP contribution in [0, 0.1) is 0 Å². The summed E-state index contributed by atoms with van der Waals surface area (Å²) in [5.41, 5.74) is 20.6. The van der Waals surface area contributed by atoms with Crippen LogP contribution in [0.25, 0.3) is 99.1 Å². The molecule has 0 saturated carbocycles. The lowest BCUT2D eigenvalue weighted by atomic mass is 9.95. The van der Waals surface area contributed by atoms with E-state index in [2.05, 4.69) is 334 Å². The lowest BCUT2D eigenvalue weighted by Gasteiger charge is -2.28. The fourth-order valence-electron chi connectivity index (χ4n) is 12.2. The molecular weight excluding hydrogens is 969 g/mol. The third-order valence-electron chi connectivity index (χ3n) is 15.9. The van der Waals surface area contributed by atoms with Gasteiger partial charge in [-0.3, -0.25) is 0 Å². The van der Waals surface area contributed by atoms with E-state index in [0.29, 0.717) is 0 Å². The predicted molar refractivity (Wildman–Crippen MR) is 338 cm³/mol. The van der Waals surface area contributed by atoms with Crippen molar-refractivity contribution in [3.63, 3.8) is 0 Å². The Morgan fingerprint density at radius 2 is 0.537 bits per heavy atom. The SMILES string of the molecule is c1ccc(-c2ccc(N(c3ccc(-c4ccc(N(c5ccc(-c6ccccc6)cc5)c5ccc6c(c5)c5ccccc5n6-c5ccccc5)c5ccccc45)cc3)c3ccc4c(c3)c3ccccc3n4-c3ccccc3)cc2)cc1. The summed E-state index contributed by atoms with van der Waals surface area (Å²) >= 11 is 0. The maximum Gasteiger partial charge on any atom is 0.0542 e. The number of hydrogen-bond donors (Lipinski definition) is 0. The summed E-state index contributed by atoms with van der Waals surface area (Å²) < 4.78 is 4.76. The number of aromatic nitrogens is 2. The molecule has 13 aromatic carbocycles. The fraction of sp³-hybridized carbons (Fsp3) is 0. The molecule has 0 aliphatic carbocycles. The molecule has 80 heavy (non-hydrogen) atoms. The van der Waals surface area contributed by atoms with E-state index in [9.17, 15) is 0 Å². The number of anilines is 6. The predicted octanol–water partition coefficient (Wildman–Crippen LogP) is 21.0. The van der Waals surface area contributed by atoms with Crippen LogP contribution < -0.4 is 9.80 Å². The minimum absolute atomic E-state index is 1.07. The number of para-hydroxylation sites is 4. The molecule has 2 aromatic heterocycles. The monoisotopic (exact) mass is 1020 g/mol. The Bertz CT molecular complexity index is 4720. The van der Waals surface area contributed by atoms with E-state index >= 15 is 0 Å². The first-order valence-electron chi connectivity index (χ1n) is 27.4. The summed E-state index contributed by atoms with van der Waals surface area (Å²) in [4.78, 5) is 4.83. The second kappa shape index (κ2) is 19.7. The van der Waals surface area contributed by atoms with Crippen LogP contribution >= 0.6 is 0 Å². The van der Waals surface area contributed by atoms with Crippen molar-refractivity contribution < 1.29 is 0 Å². The van der Waals surface area contributed by atoms with Crippen LogP contribution in [-0.2, 0) is 0 Å². The van der Waals surface area contributed by atoms with E-state index in [4.69, 9.17) is 0 Å². The number of hydrogen-bond acceptors (Lipinski definition) is 2. The van der Waals surface area contributed by atoms with Crippen molar-refractivity contribution in [3.05, 3.63) is 315 Å². The van der Waals surface area contributed by atoms with Crippen molar-refractivity contribution in [2.75, 3.05) is 9.80 Å². The van der Waals surface area contributed by atoms with Gasteiger partial charge in [-0.25, -0.2) is 0 Å². The molecule has 0 N–H and O–H groups in total. The van der Waals surface area contributed by atoms with Crippen molar-refractivity contribution in [2.24, 2.45) is 0 Å². The Morgan fingerprint density at radius 3 is 1.01 bits per heavy atom. The van der Waals surface area contributed by atoms with E-state index in [1.54, 1.807) is 0 Å². The van der Waals surface area contributed by atoms with Crippen molar-refractivity contribution in [3.8, 4) is 44.8 Å². The van der Waals surface area contributed by atoms with Gasteiger partial charge in [-0.1, -0.05) is 200 Å². The molecule has 0 unspecified atom stereocenters. The molecule has 0 aliphatic rings. The van der Waals surface area contributed by atoms with Gasteiger partial charge in [0.15, 0.2) is 0 Å². The third kappa shape index (κ3) is 8.09. The molecule has 376 valence electrons. The number of nitrogens with zero attached hydrogens (tertiary/aromatic N) is 4. The Labute approximate surface area is 465 Å². The summed E-state index contributed by atoms with van der Waals surface area (Å²) in [5, 5.41) is 7.19. The van der Waals surface area contributed by atoms with E-state index in [1.165, 1.54) is 76.8 Å². The molecular formula is C76H52N4. The van der Waals surface area contributed by atoms with Gasteiger partial charge in [-0.15, -0.1) is 0 Å². The van der Waals surface area contributed by atoms with Crippen molar-refractivity contribution in [1.29, 1.82) is 0 Å². The molecule has 4 heteroatoms. The number of rotatable bonds is 11. The molecule has 4 nitrogen and oxygen atoms in total. The van der Waals surface area contributed by atoms with Gasteiger partial charge in [0.25, 0.3) is 0 Å². The van der Waals surface area contributed by atoms with Gasteiger partial charge in [0.05, 0.1) is 27.8 Å². The highest BCUT2D eigenvalue weighted by Gasteiger charge is 2.22. The van der Waals surface area contributed by atoms with Crippen LogP contribution in [-0.4, -0.2) is 9.13 Å². The highest BCUT2D eigenvalue weighted by Crippen LogP contribution is 2.46. The van der Waals surface area contributed by atoms with Crippen LogP contribution in [0.5, 0.6) is 0 Å². The second-order valence-corrected chi connectivity index (χ2v) is 20.5. The summed E-state index contributed by atoms with van der Waals surface area (Å²) in [6.45, 7) is 0. The van der Waals surface area contributed by atoms with Gasteiger partial charge in [0.2, 0.25) is 0 Å². The highest BCUT2D eigenvalue weighted by atomic mass is 15.2. The minimum atomic E-state index is 1.07. The minimum Gasteiger partial charge on any atom is -0.310 e. The second-order valence-electron chi connectivity index (χ2n) is 20.5. The summed E-state index contributed by atoms with van der Waals surface area (Å²) in [7, 11) is 0. The van der Waals surface area contributed by atoms with E-state index in [1.807, 2.05) is 0 Å². The van der Waals surface area contributed by atoms with Gasteiger partial charge >= 0.3 is 0 Å². The van der Waals surface area contributed by atoms with Crippen LogP contribution in [0.4, 0.5) is 34.1 Å². The lowest BCUT2D eigenvalue weighted by Crippen LogP contribution is -2.11. The van der Waals surface area contributed by atoms with Gasteiger partial charge in [-0.05, 0) is 154 Å². The molecule has 0 amide bonds. The van der Waals surface area contributed by atoms with E-state index in [0.717, 1.165) is 56.4 Å². The van der Waals surface area contributed by atoms with E-state index < -0.39 is 0 Å². The molecule has 15 rings (SSSR count). The molecule has 0 radical (unpaired) electrons. The number of fused-ring (bicyclic) bond motifs is 7. The first kappa shape index (κ1) is 46.6. The van der Waals surface area contributed by atoms with Gasteiger partial charge < -0.3 is 18.9 Å². The zero-order valence-electron chi connectivity index (χ0n) is 43.8. The average Bonchev–Trinajstić information content (AvgIpc) is 4.15. The van der Waals surface area contributed by atoms with Crippen molar-refractivity contribution in [2.45, 2.75) is 0 Å². The first-order chi connectivity index (χ1) is 39.7. The zero-order chi connectivity index (χ0) is 52.9. The normalized spacial score (nSPS) is 11.5. The van der Waals surface area contributed by atoms with Crippen LogP contribution in [0.15, 0.2) is 315 Å². The Morgan fingerprint density at radius 1 is 0.200 bits per heavy atom. The molecule has 0 saturated heterocycles.